The Morgan fingerprint density at radius 2 is 1.83 bits per heavy atom. The summed E-state index contributed by atoms with van der Waals surface area (Å²) in [7, 11) is 0. The molecule has 0 saturated carbocycles. The molecule has 0 spiro atoms. The Labute approximate surface area is 105 Å². The van der Waals surface area contributed by atoms with Gasteiger partial charge in [-0.05, 0) is 0 Å². The fourth-order valence-electron chi connectivity index (χ4n) is 1.80. The fourth-order valence-corrected chi connectivity index (χ4v) is 1.80. The van der Waals surface area contributed by atoms with Crippen LogP contribution < -0.4 is 0 Å². The van der Waals surface area contributed by atoms with Crippen molar-refractivity contribution in [3.05, 3.63) is 0 Å². The minimum atomic E-state index is -1.13. The number of hydrogen-bond donors (Lipinski definition) is 2. The van der Waals surface area contributed by atoms with E-state index in [9.17, 15) is 14.4 Å². The maximum absolute atomic E-state index is 11.6. The first kappa shape index (κ1) is 14.4. The summed E-state index contributed by atoms with van der Waals surface area (Å²) in [5.74, 6) is -1.29. The quantitative estimate of drug-likeness (QED) is 0.734. The van der Waals surface area contributed by atoms with E-state index in [1.165, 1.54) is 4.90 Å². The lowest BCUT2D eigenvalue weighted by atomic mass is 10.1. The minimum absolute atomic E-state index is 0.0370. The second kappa shape index (κ2) is 5.81. The zero-order chi connectivity index (χ0) is 13.9. The van der Waals surface area contributed by atoms with E-state index in [-0.39, 0.29) is 37.9 Å². The van der Waals surface area contributed by atoms with E-state index < -0.39 is 18.1 Å². The van der Waals surface area contributed by atoms with Gasteiger partial charge in [0.1, 0.15) is 11.8 Å². The number of carbonyl (C=O) groups excluding carboxylic acids is 1. The van der Waals surface area contributed by atoms with E-state index in [0.29, 0.717) is 0 Å². The molecule has 0 aliphatic carbocycles. The molecule has 0 radical (unpaired) electrons. The maximum Gasteiger partial charge on any atom is 0.407 e. The number of carboxylic acid groups (broad SMARTS) is 2. The number of nitrogens with zero attached hydrogens (tertiary/aromatic N) is 2. The van der Waals surface area contributed by atoms with Crippen LogP contribution >= 0.6 is 0 Å². The van der Waals surface area contributed by atoms with Crippen LogP contribution in [0.4, 0.5) is 4.79 Å². The van der Waals surface area contributed by atoms with E-state index in [2.05, 4.69) is 0 Å². The predicted molar refractivity (Wildman–Crippen MR) is 62.4 cm³/mol. The molecule has 18 heavy (non-hydrogen) atoms. The molecule has 0 aromatic heterocycles. The molecule has 0 aromatic rings. The van der Waals surface area contributed by atoms with Crippen molar-refractivity contribution in [3.63, 3.8) is 0 Å². The smallest absolute Gasteiger partial charge is 0.407 e. The zero-order valence-corrected chi connectivity index (χ0v) is 10.5. The molecule has 1 atom stereocenters. The third-order valence-electron chi connectivity index (χ3n) is 3.05. The fraction of sp³-hybridized carbons (Fsp3) is 0.727. The summed E-state index contributed by atoms with van der Waals surface area (Å²) in [6.45, 7) is 3.96. The van der Waals surface area contributed by atoms with Crippen LogP contribution in [0.15, 0.2) is 0 Å². The van der Waals surface area contributed by atoms with Crippen molar-refractivity contribution in [2.24, 2.45) is 5.92 Å². The molecule has 1 aliphatic rings. The van der Waals surface area contributed by atoms with Crippen molar-refractivity contribution < 1.29 is 24.6 Å². The summed E-state index contributed by atoms with van der Waals surface area (Å²) in [6.07, 6.45) is -1.13. The van der Waals surface area contributed by atoms with Crippen LogP contribution in [-0.4, -0.2) is 70.1 Å². The number of rotatable bonds is 4. The van der Waals surface area contributed by atoms with Crippen molar-refractivity contribution >= 4 is 17.8 Å². The zero-order valence-electron chi connectivity index (χ0n) is 10.5. The van der Waals surface area contributed by atoms with Gasteiger partial charge in [-0.15, -0.1) is 0 Å². The molecule has 7 nitrogen and oxygen atoms in total. The van der Waals surface area contributed by atoms with Gasteiger partial charge < -0.3 is 15.1 Å². The molecule has 1 rings (SSSR count). The summed E-state index contributed by atoms with van der Waals surface area (Å²) < 4.78 is 0. The number of Topliss-reactive ketones (excluding diaryl/α,β-unsaturated/α-hetero) is 1. The highest BCUT2D eigenvalue weighted by Gasteiger charge is 2.35. The van der Waals surface area contributed by atoms with Crippen LogP contribution in [0.1, 0.15) is 13.8 Å². The molecule has 7 heteroatoms. The van der Waals surface area contributed by atoms with Crippen molar-refractivity contribution in [2.75, 3.05) is 26.2 Å². The molecule has 1 heterocycles. The first-order valence-electron chi connectivity index (χ1n) is 5.80. The van der Waals surface area contributed by atoms with Gasteiger partial charge in [-0.1, -0.05) is 13.8 Å². The Balaban J connectivity index is 2.71. The van der Waals surface area contributed by atoms with E-state index in [1.54, 1.807) is 13.8 Å². The van der Waals surface area contributed by atoms with Crippen LogP contribution in [0.5, 0.6) is 0 Å². The third kappa shape index (κ3) is 3.43. The normalized spacial score (nSPS) is 21.1. The molecular weight excluding hydrogens is 240 g/mol. The monoisotopic (exact) mass is 258 g/mol. The number of ketones is 1. The van der Waals surface area contributed by atoms with Crippen LogP contribution in [0.3, 0.4) is 0 Å². The largest absolute Gasteiger partial charge is 0.480 e. The number of carbonyl (C=O) groups is 3. The lowest BCUT2D eigenvalue weighted by molar-refractivity contribution is -0.146. The molecule has 0 aromatic carbocycles. The first-order chi connectivity index (χ1) is 8.32. The van der Waals surface area contributed by atoms with E-state index >= 15 is 0 Å². The third-order valence-corrected chi connectivity index (χ3v) is 3.05. The highest BCUT2D eigenvalue weighted by Crippen LogP contribution is 2.11. The molecular formula is C11H18N2O5. The topological polar surface area (TPSA) is 98.2 Å². The Kier molecular flexibility index (Phi) is 4.66. The summed E-state index contributed by atoms with van der Waals surface area (Å²) >= 11 is 0. The van der Waals surface area contributed by atoms with Gasteiger partial charge in [-0.25, -0.2) is 4.79 Å². The predicted octanol–water partition coefficient (Wildman–Crippen LogP) is -0.0397. The van der Waals surface area contributed by atoms with Crippen LogP contribution in [0.25, 0.3) is 0 Å². The van der Waals surface area contributed by atoms with Gasteiger partial charge in [0.05, 0.1) is 13.1 Å². The lowest BCUT2D eigenvalue weighted by Crippen LogP contribution is -2.58. The van der Waals surface area contributed by atoms with Gasteiger partial charge in [0.25, 0.3) is 0 Å². The molecule has 1 amide bonds. The Morgan fingerprint density at radius 1 is 1.22 bits per heavy atom. The highest BCUT2D eigenvalue weighted by atomic mass is 16.4. The van der Waals surface area contributed by atoms with Crippen molar-refractivity contribution in [3.8, 4) is 0 Å². The number of piperazine rings is 1. The second-order valence-corrected chi connectivity index (χ2v) is 4.67. The minimum Gasteiger partial charge on any atom is -0.480 e. The molecule has 102 valence electrons. The Bertz CT molecular complexity index is 355. The Hall–Kier alpha value is -1.63. The van der Waals surface area contributed by atoms with Gasteiger partial charge in [-0.3, -0.25) is 14.5 Å². The van der Waals surface area contributed by atoms with Crippen molar-refractivity contribution in [1.82, 2.24) is 9.80 Å². The standard InChI is InChI=1S/C11H18N2O5/c1-7(2)9(14)6-12-3-4-13(11(17)18)5-8(12)10(15)16/h7-8H,3-6H2,1-2H3,(H,15,16)(H,17,18). The van der Waals surface area contributed by atoms with Gasteiger partial charge in [0, 0.05) is 19.0 Å². The summed E-state index contributed by atoms with van der Waals surface area (Å²) in [4.78, 5) is 36.1. The van der Waals surface area contributed by atoms with Crippen molar-refractivity contribution in [1.29, 1.82) is 0 Å². The van der Waals surface area contributed by atoms with Crippen molar-refractivity contribution in [2.45, 2.75) is 19.9 Å². The molecule has 1 saturated heterocycles. The SMILES string of the molecule is CC(C)C(=O)CN1CCN(C(=O)O)CC1C(=O)O. The molecule has 1 fully saturated rings. The Morgan fingerprint density at radius 3 is 2.28 bits per heavy atom. The number of carboxylic acids is 1. The first-order valence-corrected chi connectivity index (χ1v) is 5.80. The molecule has 1 aliphatic heterocycles. The summed E-state index contributed by atoms with van der Waals surface area (Å²) in [5.41, 5.74) is 0. The van der Waals surface area contributed by atoms with Gasteiger partial charge >= 0.3 is 12.1 Å². The average Bonchev–Trinajstić information content (AvgIpc) is 2.28. The average molecular weight is 258 g/mol. The van der Waals surface area contributed by atoms with Gasteiger partial charge in [0.15, 0.2) is 0 Å². The van der Waals surface area contributed by atoms with Crippen LogP contribution in [0.2, 0.25) is 0 Å². The number of hydrogen-bond acceptors (Lipinski definition) is 4. The molecule has 2 N–H and O–H groups in total. The van der Waals surface area contributed by atoms with Gasteiger partial charge in [-0.2, -0.15) is 0 Å². The lowest BCUT2D eigenvalue weighted by Gasteiger charge is -2.37. The molecule has 0 bridgehead atoms. The van der Waals surface area contributed by atoms with Crippen LogP contribution in [-0.2, 0) is 9.59 Å². The molecule has 1 unspecified atom stereocenters. The summed E-state index contributed by atoms with van der Waals surface area (Å²) in [6, 6.07) is -0.947. The van der Waals surface area contributed by atoms with E-state index in [4.69, 9.17) is 10.2 Å². The number of aliphatic carboxylic acids is 1. The van der Waals surface area contributed by atoms with Crippen LogP contribution in [0, 0.1) is 5.92 Å². The van der Waals surface area contributed by atoms with Gasteiger partial charge in [0.2, 0.25) is 0 Å². The summed E-state index contributed by atoms with van der Waals surface area (Å²) in [5, 5.41) is 17.9. The second-order valence-electron chi connectivity index (χ2n) is 4.67. The highest BCUT2D eigenvalue weighted by molar-refractivity contribution is 5.83. The van der Waals surface area contributed by atoms with E-state index in [1.807, 2.05) is 0 Å². The van der Waals surface area contributed by atoms with E-state index in [0.717, 1.165) is 4.90 Å². The number of amides is 1. The maximum atomic E-state index is 11.6.